The van der Waals surface area contributed by atoms with E-state index in [9.17, 15) is 4.79 Å². The molecule has 0 atom stereocenters. The number of hydrogen-bond acceptors (Lipinski definition) is 5. The lowest BCUT2D eigenvalue weighted by Crippen LogP contribution is -2.12. The Morgan fingerprint density at radius 2 is 2.30 bits per heavy atom. The first-order chi connectivity index (χ1) is 9.65. The van der Waals surface area contributed by atoms with Gasteiger partial charge in [-0.2, -0.15) is 5.10 Å². The summed E-state index contributed by atoms with van der Waals surface area (Å²) in [5, 5.41) is 7.91. The molecule has 0 saturated heterocycles. The summed E-state index contributed by atoms with van der Waals surface area (Å²) in [6.07, 6.45) is 1.62. The molecule has 0 fully saturated rings. The predicted molar refractivity (Wildman–Crippen MR) is 76.5 cm³/mol. The van der Waals surface area contributed by atoms with Crippen LogP contribution in [0.25, 0.3) is 4.96 Å². The third-order valence-corrected chi connectivity index (χ3v) is 3.54. The number of amides is 1. The first kappa shape index (κ1) is 12.6. The smallest absolute Gasteiger partial charge is 0.275 e. The van der Waals surface area contributed by atoms with E-state index in [0.717, 1.165) is 5.01 Å². The summed E-state index contributed by atoms with van der Waals surface area (Å²) in [5.74, 6) is 0.416. The minimum Gasteiger partial charge on any atom is -0.497 e. The Morgan fingerprint density at radius 1 is 1.45 bits per heavy atom. The van der Waals surface area contributed by atoms with Gasteiger partial charge in [0.2, 0.25) is 4.96 Å². The van der Waals surface area contributed by atoms with Crippen molar-refractivity contribution in [2.45, 2.75) is 6.92 Å². The molecule has 0 aliphatic rings. The molecule has 2 aromatic heterocycles. The first-order valence-corrected chi connectivity index (χ1v) is 6.75. The number of carbonyl (C=O) groups excluding carboxylic acids is 1. The third kappa shape index (κ3) is 2.35. The maximum atomic E-state index is 12.1. The highest BCUT2D eigenvalue weighted by molar-refractivity contribution is 7.16. The molecule has 1 amide bonds. The number of anilines is 1. The molecule has 0 unspecified atom stereocenters. The van der Waals surface area contributed by atoms with Gasteiger partial charge in [-0.1, -0.05) is 17.4 Å². The molecular weight excluding hydrogens is 276 g/mol. The summed E-state index contributed by atoms with van der Waals surface area (Å²) in [7, 11) is 1.58. The van der Waals surface area contributed by atoms with Crippen molar-refractivity contribution >= 4 is 27.9 Å². The van der Waals surface area contributed by atoms with Crippen LogP contribution in [0, 0.1) is 6.92 Å². The maximum Gasteiger partial charge on any atom is 0.275 e. The number of nitrogens with zero attached hydrogens (tertiary/aromatic N) is 3. The average molecular weight is 288 g/mol. The molecule has 7 heteroatoms. The fraction of sp³-hybridized carbons (Fsp3) is 0.154. The number of fused-ring (bicyclic) bond motifs is 1. The molecule has 0 saturated carbocycles. The van der Waals surface area contributed by atoms with Crippen LogP contribution in [0.15, 0.2) is 30.5 Å². The zero-order valence-electron chi connectivity index (χ0n) is 11.0. The zero-order chi connectivity index (χ0) is 14.1. The second-order valence-corrected chi connectivity index (χ2v) is 5.32. The SMILES string of the molecule is COc1cccc(NC(=O)c2cn3nc(C)sc3n2)c1. The van der Waals surface area contributed by atoms with Gasteiger partial charge in [0.15, 0.2) is 0 Å². The van der Waals surface area contributed by atoms with Gasteiger partial charge < -0.3 is 10.1 Å². The highest BCUT2D eigenvalue weighted by Crippen LogP contribution is 2.18. The molecule has 3 aromatic rings. The lowest BCUT2D eigenvalue weighted by molar-refractivity contribution is 0.102. The molecule has 0 aliphatic carbocycles. The molecule has 0 bridgehead atoms. The van der Waals surface area contributed by atoms with E-state index in [0.29, 0.717) is 22.1 Å². The van der Waals surface area contributed by atoms with Gasteiger partial charge in [0.1, 0.15) is 16.5 Å². The average Bonchev–Trinajstić information content (AvgIpc) is 2.96. The van der Waals surface area contributed by atoms with Gasteiger partial charge in [0, 0.05) is 11.8 Å². The first-order valence-electron chi connectivity index (χ1n) is 5.94. The van der Waals surface area contributed by atoms with Gasteiger partial charge in [-0.25, -0.2) is 9.50 Å². The van der Waals surface area contributed by atoms with Crippen molar-refractivity contribution in [1.29, 1.82) is 0 Å². The number of imidazole rings is 1. The summed E-state index contributed by atoms with van der Waals surface area (Å²) in [5.41, 5.74) is 1.00. The van der Waals surface area contributed by atoms with Crippen LogP contribution in [-0.4, -0.2) is 27.6 Å². The summed E-state index contributed by atoms with van der Waals surface area (Å²) in [6.45, 7) is 1.90. The van der Waals surface area contributed by atoms with E-state index < -0.39 is 0 Å². The monoisotopic (exact) mass is 288 g/mol. The number of nitrogens with one attached hydrogen (secondary N) is 1. The number of aromatic nitrogens is 3. The second kappa shape index (κ2) is 4.93. The van der Waals surface area contributed by atoms with Crippen molar-refractivity contribution in [3.05, 3.63) is 41.2 Å². The molecule has 0 spiro atoms. The number of hydrogen-bond donors (Lipinski definition) is 1. The number of ether oxygens (including phenoxy) is 1. The lowest BCUT2D eigenvalue weighted by Gasteiger charge is -2.05. The lowest BCUT2D eigenvalue weighted by atomic mass is 10.3. The molecule has 0 radical (unpaired) electrons. The maximum absolute atomic E-state index is 12.1. The number of carbonyl (C=O) groups is 1. The van der Waals surface area contributed by atoms with Crippen LogP contribution in [0.5, 0.6) is 5.75 Å². The summed E-state index contributed by atoms with van der Waals surface area (Å²) in [6, 6.07) is 7.17. The van der Waals surface area contributed by atoms with E-state index in [1.807, 2.05) is 19.1 Å². The van der Waals surface area contributed by atoms with Crippen LogP contribution in [0.3, 0.4) is 0 Å². The Bertz CT molecular complexity index is 746. The number of aryl methyl sites for hydroxylation is 1. The molecule has 3 rings (SSSR count). The molecule has 6 nitrogen and oxygen atoms in total. The predicted octanol–water partition coefficient (Wildman–Crippen LogP) is 2.36. The molecule has 1 aromatic carbocycles. The molecule has 0 aliphatic heterocycles. The third-order valence-electron chi connectivity index (χ3n) is 2.70. The second-order valence-electron chi connectivity index (χ2n) is 4.16. The van der Waals surface area contributed by atoms with Crippen LogP contribution in [0.4, 0.5) is 5.69 Å². The van der Waals surface area contributed by atoms with E-state index in [-0.39, 0.29) is 5.91 Å². The van der Waals surface area contributed by atoms with Crippen molar-refractivity contribution in [3.8, 4) is 5.75 Å². The van der Waals surface area contributed by atoms with Gasteiger partial charge in [-0.05, 0) is 19.1 Å². The van der Waals surface area contributed by atoms with E-state index in [2.05, 4.69) is 15.4 Å². The topological polar surface area (TPSA) is 68.5 Å². The van der Waals surface area contributed by atoms with Gasteiger partial charge in [0.05, 0.1) is 13.3 Å². The fourth-order valence-electron chi connectivity index (χ4n) is 1.81. The molecule has 20 heavy (non-hydrogen) atoms. The number of methoxy groups -OCH3 is 1. The van der Waals surface area contributed by atoms with E-state index in [1.165, 1.54) is 11.3 Å². The highest BCUT2D eigenvalue weighted by atomic mass is 32.1. The van der Waals surface area contributed by atoms with Crippen molar-refractivity contribution in [3.63, 3.8) is 0 Å². The van der Waals surface area contributed by atoms with Gasteiger partial charge in [-0.15, -0.1) is 0 Å². The van der Waals surface area contributed by atoms with E-state index in [1.54, 1.807) is 30.0 Å². The molecular formula is C13H12N4O2S. The number of rotatable bonds is 3. The van der Waals surface area contributed by atoms with Crippen molar-refractivity contribution < 1.29 is 9.53 Å². The summed E-state index contributed by atoms with van der Waals surface area (Å²) < 4.78 is 6.72. The standard InChI is InChI=1S/C13H12N4O2S/c1-8-16-17-7-11(15-13(17)20-8)12(18)14-9-4-3-5-10(6-9)19-2/h3-7H,1-2H3,(H,14,18). The Balaban J connectivity index is 1.82. The fourth-order valence-corrected chi connectivity index (χ4v) is 2.53. The van der Waals surface area contributed by atoms with Gasteiger partial charge in [-0.3, -0.25) is 4.79 Å². The molecule has 102 valence electrons. The zero-order valence-corrected chi connectivity index (χ0v) is 11.8. The van der Waals surface area contributed by atoms with Crippen molar-refractivity contribution in [2.24, 2.45) is 0 Å². The highest BCUT2D eigenvalue weighted by Gasteiger charge is 2.13. The minimum absolute atomic E-state index is 0.270. The largest absolute Gasteiger partial charge is 0.497 e. The Labute approximate surface area is 119 Å². The normalized spacial score (nSPS) is 10.7. The van der Waals surface area contributed by atoms with Gasteiger partial charge in [0.25, 0.3) is 5.91 Å². The van der Waals surface area contributed by atoms with Crippen molar-refractivity contribution in [2.75, 3.05) is 12.4 Å². The van der Waals surface area contributed by atoms with Crippen LogP contribution in [-0.2, 0) is 0 Å². The van der Waals surface area contributed by atoms with Crippen LogP contribution in [0.1, 0.15) is 15.5 Å². The number of benzene rings is 1. The van der Waals surface area contributed by atoms with E-state index >= 15 is 0 Å². The Kier molecular flexibility index (Phi) is 3.11. The Morgan fingerprint density at radius 3 is 3.05 bits per heavy atom. The van der Waals surface area contributed by atoms with E-state index in [4.69, 9.17) is 4.74 Å². The minimum atomic E-state index is -0.270. The van der Waals surface area contributed by atoms with Gasteiger partial charge >= 0.3 is 0 Å². The molecule has 1 N–H and O–H groups in total. The summed E-state index contributed by atoms with van der Waals surface area (Å²) >= 11 is 1.44. The molecule has 2 heterocycles. The quantitative estimate of drug-likeness (QED) is 0.803. The van der Waals surface area contributed by atoms with Crippen LogP contribution >= 0.6 is 11.3 Å². The van der Waals surface area contributed by atoms with Crippen molar-refractivity contribution in [1.82, 2.24) is 14.6 Å². The van der Waals surface area contributed by atoms with Crippen LogP contribution < -0.4 is 10.1 Å². The summed E-state index contributed by atoms with van der Waals surface area (Å²) in [4.78, 5) is 17.1. The Hall–Kier alpha value is -2.41. The van der Waals surface area contributed by atoms with Crippen LogP contribution in [0.2, 0.25) is 0 Å².